The Hall–Kier alpha value is -0.990. The molecule has 0 aromatic carbocycles. The van der Waals surface area contributed by atoms with Gasteiger partial charge in [-0.2, -0.15) is 0 Å². The molecule has 0 aromatic rings. The van der Waals surface area contributed by atoms with Gasteiger partial charge in [0, 0.05) is 12.8 Å². The predicted octanol–water partition coefficient (Wildman–Crippen LogP) is 13.7. The Morgan fingerprint density at radius 1 is 0.466 bits per heavy atom. The van der Waals surface area contributed by atoms with Crippen LogP contribution in [0.4, 0.5) is 0 Å². The molecule has 346 valence electrons. The van der Waals surface area contributed by atoms with Crippen LogP contribution >= 0.6 is 7.82 Å². The van der Waals surface area contributed by atoms with Crippen LogP contribution in [0.5, 0.6) is 0 Å². The molecule has 1 unspecified atom stereocenters. The van der Waals surface area contributed by atoms with E-state index in [-0.39, 0.29) is 32.0 Å². The fourth-order valence-electron chi connectivity index (χ4n) is 7.28. The molecule has 0 N–H and O–H groups in total. The maximum atomic E-state index is 12.3. The van der Waals surface area contributed by atoms with Crippen LogP contribution in [0.3, 0.4) is 0 Å². The van der Waals surface area contributed by atoms with Crippen molar-refractivity contribution in [2.45, 2.75) is 251 Å². The van der Waals surface area contributed by atoms with E-state index in [9.17, 15) is 19.0 Å². The van der Waals surface area contributed by atoms with Crippen molar-refractivity contribution in [2.24, 2.45) is 0 Å². The van der Waals surface area contributed by atoms with Crippen molar-refractivity contribution in [1.29, 1.82) is 0 Å². The van der Waals surface area contributed by atoms with Crippen LogP contribution in [-0.4, -0.2) is 70.0 Å². The van der Waals surface area contributed by atoms with Gasteiger partial charge in [0.05, 0.1) is 27.7 Å². The van der Waals surface area contributed by atoms with Gasteiger partial charge in [-0.1, -0.05) is 219 Å². The summed E-state index contributed by atoms with van der Waals surface area (Å²) in [5.74, 6) is -0.882. The summed E-state index contributed by atoms with van der Waals surface area (Å²) in [6.07, 6.45) is 45.1. The lowest BCUT2D eigenvalue weighted by Crippen LogP contribution is -2.37. The molecule has 0 saturated carbocycles. The van der Waals surface area contributed by atoms with Gasteiger partial charge < -0.3 is 27.9 Å². The Bertz CT molecular complexity index is 958. The van der Waals surface area contributed by atoms with Crippen molar-refractivity contribution >= 4 is 19.8 Å². The molecule has 0 radical (unpaired) electrons. The van der Waals surface area contributed by atoms with Crippen molar-refractivity contribution in [3.05, 3.63) is 0 Å². The second kappa shape index (κ2) is 41.4. The second-order valence-corrected chi connectivity index (χ2v) is 19.6. The first-order chi connectivity index (χ1) is 28.0. The first-order valence-electron chi connectivity index (χ1n) is 24.7. The zero-order valence-corrected chi connectivity index (χ0v) is 39.9. The van der Waals surface area contributed by atoms with Crippen LogP contribution in [0.2, 0.25) is 0 Å². The summed E-state index contributed by atoms with van der Waals surface area (Å²) in [7, 11) is 1.17. The van der Waals surface area contributed by atoms with Gasteiger partial charge in [-0.3, -0.25) is 14.2 Å². The van der Waals surface area contributed by atoms with Gasteiger partial charge in [0.25, 0.3) is 7.82 Å². The highest BCUT2D eigenvalue weighted by molar-refractivity contribution is 7.45. The summed E-state index contributed by atoms with van der Waals surface area (Å²) in [4.78, 5) is 36.5. The predicted molar refractivity (Wildman–Crippen MR) is 241 cm³/mol. The molecule has 0 rings (SSSR count). The van der Waals surface area contributed by atoms with Crippen LogP contribution < -0.4 is 4.89 Å². The standard InChI is InChI=1S/C48H96NO8P/c1-6-8-9-10-11-12-13-14-15-16-17-18-19-20-21-22-23-24-25-26-27-28-29-30-31-32-33-34-35-36-37-38-39-41-47(50)54-44-46(57-48(51)40-7-2)45-56-58(52,53)55-43-42-49(3,4)5/h46H,6-45H2,1-5H3/t46-/m1/s1. The number of carbonyl (C=O) groups excluding carboxylic acids is 2. The third-order valence-corrected chi connectivity index (χ3v) is 12.1. The van der Waals surface area contributed by atoms with Crippen LogP contribution in [0.1, 0.15) is 245 Å². The van der Waals surface area contributed by atoms with E-state index in [1.165, 1.54) is 193 Å². The molecule has 0 amide bonds. The topological polar surface area (TPSA) is 111 Å². The molecular weight excluding hydrogens is 750 g/mol. The molecule has 9 nitrogen and oxygen atoms in total. The molecule has 58 heavy (non-hydrogen) atoms. The van der Waals surface area contributed by atoms with Crippen LogP contribution in [0.15, 0.2) is 0 Å². The van der Waals surface area contributed by atoms with Crippen LogP contribution in [0.25, 0.3) is 0 Å². The van der Waals surface area contributed by atoms with Gasteiger partial charge in [0.15, 0.2) is 6.10 Å². The number of carbonyl (C=O) groups is 2. The normalized spacial score (nSPS) is 13.4. The van der Waals surface area contributed by atoms with Crippen molar-refractivity contribution in [3.8, 4) is 0 Å². The number of phosphoric acid groups is 1. The molecule has 10 heteroatoms. The second-order valence-electron chi connectivity index (χ2n) is 18.2. The van der Waals surface area contributed by atoms with E-state index in [1.807, 2.05) is 28.1 Å². The molecule has 0 spiro atoms. The quantitative estimate of drug-likeness (QED) is 0.0258. The molecule has 0 aliphatic heterocycles. The molecule has 0 aliphatic carbocycles. The van der Waals surface area contributed by atoms with E-state index in [1.54, 1.807) is 0 Å². The summed E-state index contributed by atoms with van der Waals surface area (Å²) < 4.78 is 33.2. The molecule has 0 aromatic heterocycles. The number of nitrogens with zero attached hydrogens (tertiary/aromatic N) is 1. The number of ether oxygens (including phenoxy) is 2. The third kappa shape index (κ3) is 44.6. The lowest BCUT2D eigenvalue weighted by molar-refractivity contribution is -0.870. The van der Waals surface area contributed by atoms with Gasteiger partial charge in [-0.25, -0.2) is 0 Å². The number of hydrogen-bond donors (Lipinski definition) is 0. The van der Waals surface area contributed by atoms with Crippen molar-refractivity contribution in [2.75, 3.05) is 47.5 Å². The van der Waals surface area contributed by atoms with Gasteiger partial charge in [0.1, 0.15) is 19.8 Å². The highest BCUT2D eigenvalue weighted by Gasteiger charge is 2.21. The monoisotopic (exact) mass is 846 g/mol. The van der Waals surface area contributed by atoms with Crippen molar-refractivity contribution in [3.63, 3.8) is 0 Å². The Balaban J connectivity index is 3.57. The summed E-state index contributed by atoms with van der Waals surface area (Å²) in [6.45, 7) is 3.86. The first kappa shape index (κ1) is 57.0. The maximum Gasteiger partial charge on any atom is 0.306 e. The van der Waals surface area contributed by atoms with Gasteiger partial charge in [-0.05, 0) is 12.8 Å². The molecule has 0 aliphatic rings. The molecule has 2 atom stereocenters. The Labute approximate surface area is 359 Å². The largest absolute Gasteiger partial charge is 0.756 e. The third-order valence-electron chi connectivity index (χ3n) is 11.1. The Morgan fingerprint density at radius 3 is 1.14 bits per heavy atom. The fraction of sp³-hybridized carbons (Fsp3) is 0.958. The lowest BCUT2D eigenvalue weighted by atomic mass is 10.0. The van der Waals surface area contributed by atoms with E-state index < -0.39 is 26.5 Å². The van der Waals surface area contributed by atoms with Crippen molar-refractivity contribution < 1.29 is 42.1 Å². The number of quaternary nitrogens is 1. The Morgan fingerprint density at radius 2 is 0.810 bits per heavy atom. The Kier molecular flexibility index (Phi) is 40.7. The van der Waals surface area contributed by atoms with Crippen LogP contribution in [-0.2, 0) is 32.7 Å². The van der Waals surface area contributed by atoms with E-state index in [0.717, 1.165) is 19.3 Å². The lowest BCUT2D eigenvalue weighted by Gasteiger charge is -2.28. The minimum absolute atomic E-state index is 0.0285. The van der Waals surface area contributed by atoms with Gasteiger partial charge in [0.2, 0.25) is 0 Å². The minimum atomic E-state index is -4.59. The number of phosphoric ester groups is 1. The molecule has 0 saturated heterocycles. The van der Waals surface area contributed by atoms with E-state index in [0.29, 0.717) is 17.4 Å². The molecular formula is C48H96NO8P. The van der Waals surface area contributed by atoms with Gasteiger partial charge >= 0.3 is 11.9 Å². The summed E-state index contributed by atoms with van der Waals surface area (Å²) in [6, 6.07) is 0. The summed E-state index contributed by atoms with van der Waals surface area (Å²) >= 11 is 0. The van der Waals surface area contributed by atoms with E-state index >= 15 is 0 Å². The summed E-state index contributed by atoms with van der Waals surface area (Å²) in [5, 5.41) is 0. The number of rotatable bonds is 46. The van der Waals surface area contributed by atoms with Gasteiger partial charge in [-0.15, -0.1) is 0 Å². The maximum absolute atomic E-state index is 12.3. The SMILES string of the molecule is CCCCCCCCCCCCCCCCCCCCCCCCCCCCCCCCCCCC(=O)OC[C@H](COP(=O)([O-])OCC[N+](C)(C)C)OC(=O)CCC. The highest BCUT2D eigenvalue weighted by Crippen LogP contribution is 2.38. The van der Waals surface area contributed by atoms with E-state index in [2.05, 4.69) is 6.92 Å². The average Bonchev–Trinajstić information content (AvgIpc) is 3.17. The molecule has 0 bridgehead atoms. The minimum Gasteiger partial charge on any atom is -0.756 e. The fourth-order valence-corrected chi connectivity index (χ4v) is 8.01. The number of likely N-dealkylation sites (N-methyl/N-ethyl adjacent to an activating group) is 1. The number of hydrogen-bond acceptors (Lipinski definition) is 8. The summed E-state index contributed by atoms with van der Waals surface area (Å²) in [5.41, 5.74) is 0. The molecule has 0 heterocycles. The zero-order chi connectivity index (χ0) is 42.8. The van der Waals surface area contributed by atoms with Crippen molar-refractivity contribution in [1.82, 2.24) is 0 Å². The average molecular weight is 846 g/mol. The molecule has 0 fully saturated rings. The van der Waals surface area contributed by atoms with Crippen LogP contribution in [0, 0.1) is 0 Å². The van der Waals surface area contributed by atoms with E-state index in [4.69, 9.17) is 18.5 Å². The smallest absolute Gasteiger partial charge is 0.306 e. The first-order valence-corrected chi connectivity index (χ1v) is 26.2. The highest BCUT2D eigenvalue weighted by atomic mass is 31.2. The number of unbranched alkanes of at least 4 members (excludes halogenated alkanes) is 32. The zero-order valence-electron chi connectivity index (χ0n) is 39.0. The number of esters is 2.